The van der Waals surface area contributed by atoms with Crippen molar-refractivity contribution in [1.29, 1.82) is 0 Å². The molecule has 0 unspecified atom stereocenters. The summed E-state index contributed by atoms with van der Waals surface area (Å²) >= 11 is 0. The van der Waals surface area contributed by atoms with Crippen LogP contribution < -0.4 is 15.5 Å². The van der Waals surface area contributed by atoms with Crippen LogP contribution in [-0.2, 0) is 22.5 Å². The van der Waals surface area contributed by atoms with Crippen molar-refractivity contribution in [1.82, 2.24) is 25.1 Å². The number of carbonyl (C=O) groups is 2. The molecule has 1 aromatic heterocycles. The van der Waals surface area contributed by atoms with Gasteiger partial charge in [-0.25, -0.2) is 14.8 Å². The molecule has 0 atom stereocenters. The molecule has 1 fully saturated rings. The molecule has 2 aromatic rings. The van der Waals surface area contributed by atoms with Gasteiger partial charge < -0.3 is 25.2 Å². The molecular weight excluding hydrogens is 434 g/mol. The molecule has 2 N–H and O–H groups in total. The van der Waals surface area contributed by atoms with E-state index in [1.165, 1.54) is 0 Å². The Morgan fingerprint density at radius 1 is 1.09 bits per heavy atom. The topological polar surface area (TPSA) is 103 Å². The maximum absolute atomic E-state index is 12.3. The summed E-state index contributed by atoms with van der Waals surface area (Å²) in [6.45, 7) is 7.16. The minimum atomic E-state index is -0.234. The highest BCUT2D eigenvalue weighted by atomic mass is 16.5. The van der Waals surface area contributed by atoms with Gasteiger partial charge in [0, 0.05) is 63.6 Å². The third-order valence-electron chi connectivity index (χ3n) is 6.03. The molecule has 10 heteroatoms. The van der Waals surface area contributed by atoms with Crippen molar-refractivity contribution in [3.63, 3.8) is 0 Å². The Labute approximate surface area is 200 Å². The molecule has 0 radical (unpaired) electrons. The number of nitrogens with one attached hydrogen (secondary N) is 2. The zero-order chi connectivity index (χ0) is 24.1. The largest absolute Gasteiger partial charge is 0.378 e. The monoisotopic (exact) mass is 467 g/mol. The molecule has 3 amide bonds. The third-order valence-corrected chi connectivity index (χ3v) is 6.03. The lowest BCUT2D eigenvalue weighted by molar-refractivity contribution is -0.130. The quantitative estimate of drug-likeness (QED) is 0.665. The molecule has 0 aliphatic carbocycles. The van der Waals surface area contributed by atoms with Gasteiger partial charge in [0.2, 0.25) is 5.91 Å². The lowest BCUT2D eigenvalue weighted by Gasteiger charge is -2.34. The van der Waals surface area contributed by atoms with E-state index in [9.17, 15) is 9.59 Å². The first-order chi connectivity index (χ1) is 16.4. The molecule has 0 saturated carbocycles. The van der Waals surface area contributed by atoms with Gasteiger partial charge in [-0.1, -0.05) is 0 Å². The fourth-order valence-corrected chi connectivity index (χ4v) is 4.14. The van der Waals surface area contributed by atoms with Crippen molar-refractivity contribution in [3.8, 4) is 11.4 Å². The van der Waals surface area contributed by atoms with Crippen molar-refractivity contribution in [2.24, 2.45) is 0 Å². The predicted molar refractivity (Wildman–Crippen MR) is 131 cm³/mol. The van der Waals surface area contributed by atoms with Gasteiger partial charge in [-0.15, -0.1) is 0 Å². The third kappa shape index (κ3) is 5.63. The van der Waals surface area contributed by atoms with E-state index in [1.54, 1.807) is 19.0 Å². The average molecular weight is 468 g/mol. The summed E-state index contributed by atoms with van der Waals surface area (Å²) in [4.78, 5) is 40.0. The van der Waals surface area contributed by atoms with E-state index in [-0.39, 0.29) is 11.9 Å². The number of ether oxygens (including phenoxy) is 1. The summed E-state index contributed by atoms with van der Waals surface area (Å²) in [6, 6.07) is 7.31. The Kier molecular flexibility index (Phi) is 7.59. The van der Waals surface area contributed by atoms with Gasteiger partial charge in [0.25, 0.3) is 0 Å². The number of hydrogen-bond acceptors (Lipinski definition) is 7. The van der Waals surface area contributed by atoms with Gasteiger partial charge in [0.15, 0.2) is 5.82 Å². The Bertz CT molecular complexity index is 1020. The van der Waals surface area contributed by atoms with Crippen LogP contribution in [0.1, 0.15) is 18.2 Å². The molecule has 1 saturated heterocycles. The van der Waals surface area contributed by atoms with Crippen LogP contribution in [0.3, 0.4) is 0 Å². The number of likely N-dealkylation sites (N-methyl/N-ethyl adjacent to an activating group) is 1. The smallest absolute Gasteiger partial charge is 0.319 e. The van der Waals surface area contributed by atoms with Crippen LogP contribution in [0.25, 0.3) is 11.4 Å². The molecule has 4 rings (SSSR count). The standard InChI is InChI=1S/C24H33N7O3/c1-4-25-24(33)26-18-7-5-17(6-8-18)22-27-20-15-30(16-21(32)29(2)3)10-9-19(20)23(28-22)31-11-13-34-14-12-31/h5-8H,4,9-16H2,1-3H3,(H2,25,26,33). The lowest BCUT2D eigenvalue weighted by Crippen LogP contribution is -2.42. The average Bonchev–Trinajstić information content (AvgIpc) is 2.84. The van der Waals surface area contributed by atoms with E-state index in [0.717, 1.165) is 48.7 Å². The number of benzene rings is 1. The molecule has 34 heavy (non-hydrogen) atoms. The summed E-state index contributed by atoms with van der Waals surface area (Å²) in [5.41, 5.74) is 3.71. The predicted octanol–water partition coefficient (Wildman–Crippen LogP) is 1.57. The second-order valence-electron chi connectivity index (χ2n) is 8.71. The first-order valence-electron chi connectivity index (χ1n) is 11.7. The summed E-state index contributed by atoms with van der Waals surface area (Å²) in [7, 11) is 3.56. The van der Waals surface area contributed by atoms with Crippen LogP contribution in [-0.4, -0.2) is 91.7 Å². The fourth-order valence-electron chi connectivity index (χ4n) is 4.14. The Hall–Kier alpha value is -3.24. The summed E-state index contributed by atoms with van der Waals surface area (Å²) in [5.74, 6) is 1.69. The zero-order valence-corrected chi connectivity index (χ0v) is 20.1. The van der Waals surface area contributed by atoms with E-state index in [0.29, 0.717) is 44.4 Å². The second-order valence-corrected chi connectivity index (χ2v) is 8.71. The number of morpholine rings is 1. The zero-order valence-electron chi connectivity index (χ0n) is 20.1. The van der Waals surface area contributed by atoms with Crippen molar-refractivity contribution < 1.29 is 14.3 Å². The highest BCUT2D eigenvalue weighted by Gasteiger charge is 2.27. The summed E-state index contributed by atoms with van der Waals surface area (Å²) in [5, 5.41) is 5.53. The molecule has 0 bridgehead atoms. The fraction of sp³-hybridized carbons (Fsp3) is 0.500. The molecule has 10 nitrogen and oxygen atoms in total. The molecule has 182 valence electrons. The first kappa shape index (κ1) is 23.9. The van der Waals surface area contributed by atoms with Crippen LogP contribution in [0.5, 0.6) is 0 Å². The minimum absolute atomic E-state index is 0.0846. The van der Waals surface area contributed by atoms with Crippen LogP contribution >= 0.6 is 0 Å². The van der Waals surface area contributed by atoms with Crippen LogP contribution in [0.2, 0.25) is 0 Å². The first-order valence-corrected chi connectivity index (χ1v) is 11.7. The minimum Gasteiger partial charge on any atom is -0.378 e. The highest BCUT2D eigenvalue weighted by molar-refractivity contribution is 5.89. The van der Waals surface area contributed by atoms with Gasteiger partial charge in [-0.3, -0.25) is 9.69 Å². The molecule has 3 heterocycles. The van der Waals surface area contributed by atoms with Crippen molar-refractivity contribution in [2.75, 3.05) is 70.2 Å². The number of fused-ring (bicyclic) bond motifs is 1. The summed E-state index contributed by atoms with van der Waals surface area (Å²) in [6.07, 6.45) is 0.804. The number of anilines is 2. The van der Waals surface area contributed by atoms with E-state index < -0.39 is 0 Å². The number of rotatable bonds is 6. The maximum Gasteiger partial charge on any atom is 0.319 e. The molecule has 2 aliphatic rings. The molecule has 1 aromatic carbocycles. The van der Waals surface area contributed by atoms with Crippen molar-refractivity contribution >= 4 is 23.4 Å². The van der Waals surface area contributed by atoms with Crippen LogP contribution in [0.4, 0.5) is 16.3 Å². The number of aromatic nitrogens is 2. The number of urea groups is 1. The lowest BCUT2D eigenvalue weighted by atomic mass is 10.0. The maximum atomic E-state index is 12.3. The Balaban J connectivity index is 1.62. The summed E-state index contributed by atoms with van der Waals surface area (Å²) < 4.78 is 5.55. The van der Waals surface area contributed by atoms with E-state index >= 15 is 0 Å². The van der Waals surface area contributed by atoms with Gasteiger partial charge in [0.05, 0.1) is 25.5 Å². The second kappa shape index (κ2) is 10.8. The molecule has 0 spiro atoms. The van der Waals surface area contributed by atoms with Gasteiger partial charge >= 0.3 is 6.03 Å². The van der Waals surface area contributed by atoms with Gasteiger partial charge in [-0.05, 0) is 37.6 Å². The van der Waals surface area contributed by atoms with Crippen molar-refractivity contribution in [3.05, 3.63) is 35.5 Å². The van der Waals surface area contributed by atoms with Crippen molar-refractivity contribution in [2.45, 2.75) is 19.9 Å². The van der Waals surface area contributed by atoms with E-state index in [2.05, 4.69) is 20.4 Å². The molecular formula is C24H33N7O3. The Morgan fingerprint density at radius 2 is 1.82 bits per heavy atom. The van der Waals surface area contributed by atoms with Crippen LogP contribution in [0.15, 0.2) is 24.3 Å². The number of nitrogens with zero attached hydrogens (tertiary/aromatic N) is 5. The van der Waals surface area contributed by atoms with Gasteiger partial charge in [0.1, 0.15) is 5.82 Å². The normalized spacial score (nSPS) is 16.0. The number of hydrogen-bond donors (Lipinski definition) is 2. The Morgan fingerprint density at radius 3 is 2.50 bits per heavy atom. The SMILES string of the molecule is CCNC(=O)Nc1ccc(-c2nc3c(c(N4CCOCC4)n2)CCN(CC(=O)N(C)C)C3)cc1. The number of amides is 3. The van der Waals surface area contributed by atoms with Crippen LogP contribution in [0, 0.1) is 0 Å². The number of carbonyl (C=O) groups excluding carboxylic acids is 2. The van der Waals surface area contributed by atoms with Gasteiger partial charge in [-0.2, -0.15) is 0 Å². The van der Waals surface area contributed by atoms with E-state index in [4.69, 9.17) is 14.7 Å². The molecule has 2 aliphatic heterocycles. The highest BCUT2D eigenvalue weighted by Crippen LogP contribution is 2.30. The van der Waals surface area contributed by atoms with E-state index in [1.807, 2.05) is 31.2 Å².